The lowest BCUT2D eigenvalue weighted by molar-refractivity contribution is 0.824. The maximum atomic E-state index is 4.52. The smallest absolute Gasteiger partial charge is 0.134 e. The Bertz CT molecular complexity index is 285. The van der Waals surface area contributed by atoms with Crippen LogP contribution in [0.2, 0.25) is 0 Å². The molecule has 0 spiro atoms. The summed E-state index contributed by atoms with van der Waals surface area (Å²) in [6.45, 7) is 8.28. The molecule has 84 valence electrons. The predicted octanol–water partition coefficient (Wildman–Crippen LogP) is 1.93. The van der Waals surface area contributed by atoms with Crippen LogP contribution in [-0.4, -0.2) is 30.1 Å². The summed E-state index contributed by atoms with van der Waals surface area (Å²) in [5, 5.41) is 3.07. The summed E-state index contributed by atoms with van der Waals surface area (Å²) in [6, 6.07) is 1.99. The monoisotopic (exact) mass is 208 g/mol. The summed E-state index contributed by atoms with van der Waals surface area (Å²) in [4.78, 5) is 11.1. The first-order valence-corrected chi connectivity index (χ1v) is 5.55. The van der Waals surface area contributed by atoms with Gasteiger partial charge in [-0.15, -0.1) is 0 Å². The van der Waals surface area contributed by atoms with Crippen molar-refractivity contribution in [2.75, 3.05) is 30.4 Å². The first-order chi connectivity index (χ1) is 7.24. The minimum Gasteiger partial charge on any atom is -0.373 e. The Kier molecular flexibility index (Phi) is 4.34. The second-order valence-corrected chi connectivity index (χ2v) is 3.30. The van der Waals surface area contributed by atoms with Gasteiger partial charge in [0.15, 0.2) is 0 Å². The highest BCUT2D eigenvalue weighted by Crippen LogP contribution is 2.15. The van der Waals surface area contributed by atoms with Crippen LogP contribution in [0.3, 0.4) is 0 Å². The van der Waals surface area contributed by atoms with Crippen LogP contribution in [0.25, 0.3) is 0 Å². The van der Waals surface area contributed by atoms with Crippen LogP contribution >= 0.6 is 0 Å². The van der Waals surface area contributed by atoms with E-state index in [2.05, 4.69) is 41.0 Å². The Morgan fingerprint density at radius 1 is 1.20 bits per heavy atom. The van der Waals surface area contributed by atoms with Crippen molar-refractivity contribution in [3.05, 3.63) is 11.9 Å². The van der Waals surface area contributed by atoms with E-state index in [0.717, 1.165) is 37.0 Å². The number of anilines is 2. The molecule has 0 aromatic carbocycles. The summed E-state index contributed by atoms with van der Waals surface area (Å²) >= 11 is 0. The second-order valence-electron chi connectivity index (χ2n) is 3.30. The van der Waals surface area contributed by atoms with Gasteiger partial charge in [0.05, 0.1) is 0 Å². The van der Waals surface area contributed by atoms with E-state index in [1.54, 1.807) is 0 Å². The fraction of sp³-hybridized carbons (Fsp3) is 0.636. The van der Waals surface area contributed by atoms with Gasteiger partial charge in [0, 0.05) is 32.6 Å². The van der Waals surface area contributed by atoms with Gasteiger partial charge in [0.2, 0.25) is 0 Å². The van der Waals surface area contributed by atoms with Crippen LogP contribution < -0.4 is 10.2 Å². The van der Waals surface area contributed by atoms with E-state index in [1.165, 1.54) is 0 Å². The van der Waals surface area contributed by atoms with Crippen LogP contribution in [0.1, 0.15) is 26.6 Å². The van der Waals surface area contributed by atoms with Crippen molar-refractivity contribution in [2.24, 2.45) is 0 Å². The third-order valence-electron chi connectivity index (χ3n) is 2.42. The average Bonchev–Trinajstić information content (AvgIpc) is 2.30. The predicted molar refractivity (Wildman–Crippen MR) is 64.5 cm³/mol. The minimum absolute atomic E-state index is 0.865. The van der Waals surface area contributed by atoms with Crippen molar-refractivity contribution in [3.8, 4) is 0 Å². The zero-order valence-electron chi connectivity index (χ0n) is 10.0. The van der Waals surface area contributed by atoms with Gasteiger partial charge in [-0.1, -0.05) is 6.92 Å². The lowest BCUT2D eigenvalue weighted by atomic mass is 10.4. The van der Waals surface area contributed by atoms with Crippen molar-refractivity contribution in [1.29, 1.82) is 0 Å². The lowest BCUT2D eigenvalue weighted by Gasteiger charge is -2.20. The SMILES string of the molecule is CCc1nc(NC)cc(N(CC)CC)n1. The number of nitrogens with zero attached hydrogens (tertiary/aromatic N) is 3. The van der Waals surface area contributed by atoms with Gasteiger partial charge in [-0.25, -0.2) is 9.97 Å². The number of aromatic nitrogens is 2. The van der Waals surface area contributed by atoms with Gasteiger partial charge in [-0.05, 0) is 13.8 Å². The highest BCUT2D eigenvalue weighted by molar-refractivity contribution is 5.49. The Morgan fingerprint density at radius 3 is 2.33 bits per heavy atom. The van der Waals surface area contributed by atoms with E-state index >= 15 is 0 Å². The molecular formula is C11H20N4. The third-order valence-corrected chi connectivity index (χ3v) is 2.42. The van der Waals surface area contributed by atoms with E-state index in [9.17, 15) is 0 Å². The van der Waals surface area contributed by atoms with Crippen molar-refractivity contribution in [2.45, 2.75) is 27.2 Å². The maximum Gasteiger partial charge on any atom is 0.134 e. The van der Waals surface area contributed by atoms with E-state index in [0.29, 0.717) is 0 Å². The van der Waals surface area contributed by atoms with Crippen LogP contribution in [0.15, 0.2) is 6.07 Å². The van der Waals surface area contributed by atoms with Crippen LogP contribution in [0, 0.1) is 0 Å². The molecule has 4 heteroatoms. The zero-order valence-corrected chi connectivity index (χ0v) is 10.0. The standard InChI is InChI=1S/C11H20N4/c1-5-9-13-10(12-4)8-11(14-9)15(6-2)7-3/h8H,5-7H2,1-4H3,(H,12,13,14). The Balaban J connectivity index is 3.05. The van der Waals surface area contributed by atoms with Crippen molar-refractivity contribution >= 4 is 11.6 Å². The minimum atomic E-state index is 0.865. The van der Waals surface area contributed by atoms with Crippen molar-refractivity contribution in [1.82, 2.24) is 9.97 Å². The first kappa shape index (κ1) is 11.8. The van der Waals surface area contributed by atoms with Gasteiger partial charge >= 0.3 is 0 Å². The fourth-order valence-corrected chi connectivity index (χ4v) is 1.48. The molecule has 0 saturated heterocycles. The summed E-state index contributed by atoms with van der Waals surface area (Å²) in [5.74, 6) is 2.80. The largest absolute Gasteiger partial charge is 0.373 e. The number of aryl methyl sites for hydroxylation is 1. The molecule has 1 aromatic rings. The molecule has 0 unspecified atom stereocenters. The van der Waals surface area contributed by atoms with Gasteiger partial charge in [0.1, 0.15) is 17.5 Å². The summed E-state index contributed by atoms with van der Waals surface area (Å²) in [7, 11) is 1.88. The van der Waals surface area contributed by atoms with Crippen molar-refractivity contribution in [3.63, 3.8) is 0 Å². The molecule has 4 nitrogen and oxygen atoms in total. The van der Waals surface area contributed by atoms with Crippen LogP contribution in [-0.2, 0) is 6.42 Å². The Labute approximate surface area is 91.7 Å². The normalized spacial score (nSPS) is 10.1. The van der Waals surface area contributed by atoms with Gasteiger partial charge in [-0.3, -0.25) is 0 Å². The van der Waals surface area contributed by atoms with Gasteiger partial charge in [-0.2, -0.15) is 0 Å². The molecular weight excluding hydrogens is 188 g/mol. The van der Waals surface area contributed by atoms with Gasteiger partial charge < -0.3 is 10.2 Å². The Morgan fingerprint density at radius 2 is 1.87 bits per heavy atom. The topological polar surface area (TPSA) is 41.1 Å². The molecule has 1 rings (SSSR count). The average molecular weight is 208 g/mol. The molecule has 0 aliphatic carbocycles. The number of hydrogen-bond donors (Lipinski definition) is 1. The number of rotatable bonds is 5. The zero-order chi connectivity index (χ0) is 11.3. The van der Waals surface area contributed by atoms with Crippen molar-refractivity contribution < 1.29 is 0 Å². The molecule has 0 atom stereocenters. The molecule has 15 heavy (non-hydrogen) atoms. The molecule has 0 fully saturated rings. The van der Waals surface area contributed by atoms with E-state index in [1.807, 2.05) is 13.1 Å². The summed E-state index contributed by atoms with van der Waals surface area (Å²) in [5.41, 5.74) is 0. The molecule has 0 saturated carbocycles. The van der Waals surface area contributed by atoms with E-state index in [-0.39, 0.29) is 0 Å². The van der Waals surface area contributed by atoms with Crippen LogP contribution in [0.4, 0.5) is 11.6 Å². The molecule has 0 amide bonds. The molecule has 1 N–H and O–H groups in total. The fourth-order valence-electron chi connectivity index (χ4n) is 1.48. The first-order valence-electron chi connectivity index (χ1n) is 5.55. The third kappa shape index (κ3) is 2.81. The molecule has 0 aliphatic rings. The maximum absolute atomic E-state index is 4.52. The quantitative estimate of drug-likeness (QED) is 0.802. The number of hydrogen-bond acceptors (Lipinski definition) is 4. The molecule has 0 radical (unpaired) electrons. The second kappa shape index (κ2) is 5.53. The molecule has 0 bridgehead atoms. The van der Waals surface area contributed by atoms with E-state index < -0.39 is 0 Å². The summed E-state index contributed by atoms with van der Waals surface area (Å²) < 4.78 is 0. The van der Waals surface area contributed by atoms with E-state index in [4.69, 9.17) is 0 Å². The molecule has 1 heterocycles. The molecule has 1 aromatic heterocycles. The number of nitrogens with one attached hydrogen (secondary N) is 1. The highest BCUT2D eigenvalue weighted by Gasteiger charge is 2.07. The lowest BCUT2D eigenvalue weighted by Crippen LogP contribution is -2.23. The highest BCUT2D eigenvalue weighted by atomic mass is 15.2. The molecule has 0 aliphatic heterocycles. The van der Waals surface area contributed by atoms with Crippen LogP contribution in [0.5, 0.6) is 0 Å². The summed E-state index contributed by atoms with van der Waals surface area (Å²) in [6.07, 6.45) is 0.865. The Hall–Kier alpha value is -1.32. The van der Waals surface area contributed by atoms with Gasteiger partial charge in [0.25, 0.3) is 0 Å².